The van der Waals surface area contributed by atoms with E-state index in [2.05, 4.69) is 52.8 Å². The zero-order chi connectivity index (χ0) is 13.4. The van der Waals surface area contributed by atoms with Gasteiger partial charge in [0.25, 0.3) is 0 Å². The molecule has 4 heteroatoms. The SMILES string of the molecule is [Li+].c1ccc2c([CH-]n3nnc4ccccc43)cccc2c1. The van der Waals surface area contributed by atoms with Crippen molar-refractivity contribution in [2.24, 2.45) is 0 Å². The molecule has 0 aliphatic rings. The molecule has 0 atom stereocenters. The molecule has 0 saturated heterocycles. The van der Waals surface area contributed by atoms with E-state index in [0.29, 0.717) is 0 Å². The summed E-state index contributed by atoms with van der Waals surface area (Å²) in [6.07, 6.45) is 0. The largest absolute Gasteiger partial charge is 1.00 e. The van der Waals surface area contributed by atoms with Gasteiger partial charge in [-0.15, -0.1) is 22.8 Å². The molecule has 0 radical (unpaired) electrons. The maximum Gasteiger partial charge on any atom is 1.00 e. The van der Waals surface area contributed by atoms with Gasteiger partial charge < -0.3 is 0 Å². The molecule has 0 N–H and O–H groups in total. The van der Waals surface area contributed by atoms with Gasteiger partial charge in [0.05, 0.1) is 5.52 Å². The summed E-state index contributed by atoms with van der Waals surface area (Å²) in [5, 5.41) is 10.8. The molecule has 1 aromatic heterocycles. The van der Waals surface area contributed by atoms with Crippen molar-refractivity contribution in [1.82, 2.24) is 15.0 Å². The minimum Gasteiger partial charge on any atom is -0.298 e. The second-order valence-corrected chi connectivity index (χ2v) is 4.72. The van der Waals surface area contributed by atoms with Crippen molar-refractivity contribution in [2.75, 3.05) is 0 Å². The van der Waals surface area contributed by atoms with Crippen molar-refractivity contribution >= 4 is 21.8 Å². The number of hydrogen-bond acceptors (Lipinski definition) is 2. The molecule has 0 fully saturated rings. The number of fused-ring (bicyclic) bond motifs is 2. The Morgan fingerprint density at radius 1 is 0.810 bits per heavy atom. The van der Waals surface area contributed by atoms with Gasteiger partial charge in [-0.05, 0) is 6.07 Å². The molecular formula is C17H12LiN3. The Morgan fingerprint density at radius 2 is 1.57 bits per heavy atom. The molecule has 4 aromatic rings. The third kappa shape index (κ3) is 2.42. The van der Waals surface area contributed by atoms with E-state index in [1.54, 1.807) is 0 Å². The Hall–Kier alpha value is -2.21. The summed E-state index contributed by atoms with van der Waals surface area (Å²) in [7, 11) is 0. The summed E-state index contributed by atoms with van der Waals surface area (Å²) in [6, 6.07) is 22.6. The van der Waals surface area contributed by atoms with Crippen LogP contribution in [0.5, 0.6) is 0 Å². The third-order valence-electron chi connectivity index (χ3n) is 3.46. The fourth-order valence-corrected chi connectivity index (χ4v) is 2.48. The Labute approximate surface area is 134 Å². The van der Waals surface area contributed by atoms with Gasteiger partial charge in [-0.1, -0.05) is 71.1 Å². The minimum absolute atomic E-state index is 0. The fraction of sp³-hybridized carbons (Fsp3) is 0. The maximum absolute atomic E-state index is 4.21. The molecule has 3 aromatic carbocycles. The van der Waals surface area contributed by atoms with Crippen LogP contribution in [-0.4, -0.2) is 15.0 Å². The number of nitrogens with zero attached hydrogens (tertiary/aromatic N) is 3. The first kappa shape index (κ1) is 13.8. The summed E-state index contributed by atoms with van der Waals surface area (Å²) in [4.78, 5) is 0. The van der Waals surface area contributed by atoms with Crippen molar-refractivity contribution in [1.29, 1.82) is 0 Å². The Morgan fingerprint density at radius 3 is 2.52 bits per heavy atom. The predicted molar refractivity (Wildman–Crippen MR) is 80.3 cm³/mol. The van der Waals surface area contributed by atoms with E-state index in [9.17, 15) is 0 Å². The van der Waals surface area contributed by atoms with Crippen LogP contribution in [0.2, 0.25) is 0 Å². The molecule has 3 nitrogen and oxygen atoms in total. The summed E-state index contributed by atoms with van der Waals surface area (Å²) < 4.78 is 1.83. The van der Waals surface area contributed by atoms with Gasteiger partial charge in [0.2, 0.25) is 0 Å². The number of rotatable bonds is 2. The molecule has 0 aliphatic heterocycles. The van der Waals surface area contributed by atoms with Crippen molar-refractivity contribution in [3.05, 3.63) is 78.8 Å². The first-order chi connectivity index (χ1) is 9.92. The van der Waals surface area contributed by atoms with Crippen LogP contribution in [0.15, 0.2) is 66.7 Å². The molecule has 0 bridgehead atoms. The van der Waals surface area contributed by atoms with Crippen molar-refractivity contribution < 1.29 is 18.9 Å². The summed E-state index contributed by atoms with van der Waals surface area (Å²) in [5.74, 6) is 0. The Bertz CT molecular complexity index is 893. The van der Waals surface area contributed by atoms with E-state index in [1.807, 2.05) is 35.5 Å². The van der Waals surface area contributed by atoms with Crippen LogP contribution in [0.3, 0.4) is 0 Å². The molecule has 96 valence electrons. The normalized spacial score (nSPS) is 10.5. The molecule has 0 amide bonds. The number of hydrogen-bond donors (Lipinski definition) is 0. The smallest absolute Gasteiger partial charge is 0.298 e. The number of para-hydroxylation sites is 1. The fourth-order valence-electron chi connectivity index (χ4n) is 2.48. The molecule has 0 spiro atoms. The Kier molecular flexibility index (Phi) is 3.70. The average Bonchev–Trinajstić information content (AvgIpc) is 2.91. The minimum atomic E-state index is 0. The Balaban J connectivity index is 0.00000132. The summed E-state index contributed by atoms with van der Waals surface area (Å²) in [6.45, 7) is 2.03. The molecule has 0 saturated carbocycles. The van der Waals surface area contributed by atoms with E-state index in [-0.39, 0.29) is 18.9 Å². The van der Waals surface area contributed by atoms with Crippen LogP contribution in [0.1, 0.15) is 5.56 Å². The standard InChI is InChI=1S/C17H12N3.Li/c1-2-9-15-13(6-1)7-5-8-14(15)12-20-17-11-4-3-10-16(17)18-19-20;/h1-12H;/q-1;+1. The zero-order valence-electron chi connectivity index (χ0n) is 11.8. The van der Waals surface area contributed by atoms with Crippen LogP contribution in [0.25, 0.3) is 21.8 Å². The van der Waals surface area contributed by atoms with Crippen LogP contribution in [0, 0.1) is 6.54 Å². The molecule has 21 heavy (non-hydrogen) atoms. The molecular weight excluding hydrogens is 253 g/mol. The van der Waals surface area contributed by atoms with Gasteiger partial charge in [-0.25, -0.2) is 0 Å². The summed E-state index contributed by atoms with van der Waals surface area (Å²) in [5.41, 5.74) is 3.06. The zero-order valence-corrected chi connectivity index (χ0v) is 11.8. The third-order valence-corrected chi connectivity index (χ3v) is 3.46. The second-order valence-electron chi connectivity index (χ2n) is 4.72. The molecule has 1 heterocycles. The van der Waals surface area contributed by atoms with Gasteiger partial charge in [-0.2, -0.15) is 0 Å². The molecule has 0 aliphatic carbocycles. The topological polar surface area (TPSA) is 30.7 Å². The predicted octanol–water partition coefficient (Wildman–Crippen LogP) is 0.647. The summed E-state index contributed by atoms with van der Waals surface area (Å²) >= 11 is 0. The van der Waals surface area contributed by atoms with E-state index in [1.165, 1.54) is 10.8 Å². The quantitative estimate of drug-likeness (QED) is 0.393. The van der Waals surface area contributed by atoms with Gasteiger partial charge in [0.1, 0.15) is 0 Å². The molecule has 0 unspecified atom stereocenters. The van der Waals surface area contributed by atoms with Crippen LogP contribution in [-0.2, 0) is 0 Å². The van der Waals surface area contributed by atoms with Gasteiger partial charge >= 0.3 is 18.9 Å². The van der Waals surface area contributed by atoms with E-state index < -0.39 is 0 Å². The number of benzene rings is 3. The van der Waals surface area contributed by atoms with E-state index in [4.69, 9.17) is 0 Å². The average molecular weight is 265 g/mol. The second kappa shape index (κ2) is 5.65. The van der Waals surface area contributed by atoms with Crippen molar-refractivity contribution in [3.8, 4) is 0 Å². The van der Waals surface area contributed by atoms with Crippen LogP contribution in [0.4, 0.5) is 0 Å². The first-order valence-corrected chi connectivity index (χ1v) is 6.54. The van der Waals surface area contributed by atoms with Gasteiger partial charge in [0.15, 0.2) is 0 Å². The maximum atomic E-state index is 4.21. The van der Waals surface area contributed by atoms with Gasteiger partial charge in [-0.3, -0.25) is 4.68 Å². The van der Waals surface area contributed by atoms with Crippen LogP contribution < -0.4 is 18.9 Å². The van der Waals surface area contributed by atoms with Gasteiger partial charge in [0, 0.05) is 5.52 Å². The monoisotopic (exact) mass is 265 g/mol. The van der Waals surface area contributed by atoms with E-state index >= 15 is 0 Å². The first-order valence-electron chi connectivity index (χ1n) is 6.54. The van der Waals surface area contributed by atoms with Crippen molar-refractivity contribution in [3.63, 3.8) is 0 Å². The van der Waals surface area contributed by atoms with Crippen molar-refractivity contribution in [2.45, 2.75) is 0 Å². The van der Waals surface area contributed by atoms with E-state index in [0.717, 1.165) is 16.6 Å². The van der Waals surface area contributed by atoms with Crippen LogP contribution >= 0.6 is 0 Å². The number of aromatic nitrogens is 3. The molecule has 4 rings (SSSR count).